The number of rotatable bonds is 12. The highest BCUT2D eigenvalue weighted by Gasteiger charge is 2.38. The zero-order valence-electron chi connectivity index (χ0n) is 24.8. The summed E-state index contributed by atoms with van der Waals surface area (Å²) < 4.78 is 10.4. The molecule has 0 bridgehead atoms. The molecule has 0 aliphatic heterocycles. The molecule has 9 heteroatoms. The van der Waals surface area contributed by atoms with Gasteiger partial charge in [-0.15, -0.1) is 0 Å². The zero-order chi connectivity index (χ0) is 29.2. The molecule has 0 aromatic heterocycles. The molecule has 1 rings (SSSR count). The van der Waals surface area contributed by atoms with Crippen molar-refractivity contribution >= 4 is 23.9 Å². The first-order valence-corrected chi connectivity index (χ1v) is 13.4. The summed E-state index contributed by atoms with van der Waals surface area (Å²) in [6.07, 6.45) is -0.307. The van der Waals surface area contributed by atoms with Gasteiger partial charge in [-0.1, -0.05) is 43.2 Å². The number of benzene rings is 1. The van der Waals surface area contributed by atoms with E-state index in [-0.39, 0.29) is 37.4 Å². The van der Waals surface area contributed by atoms with E-state index in [1.165, 1.54) is 4.90 Å². The molecule has 0 fully saturated rings. The van der Waals surface area contributed by atoms with Crippen molar-refractivity contribution < 1.29 is 28.7 Å². The predicted molar refractivity (Wildman–Crippen MR) is 148 cm³/mol. The predicted octanol–water partition coefficient (Wildman–Crippen LogP) is 4.59. The topological polar surface area (TPSA) is 114 Å². The van der Waals surface area contributed by atoms with Crippen molar-refractivity contribution in [2.45, 2.75) is 106 Å². The molecule has 0 aliphatic carbocycles. The highest BCUT2D eigenvalue weighted by Crippen LogP contribution is 2.28. The Morgan fingerprint density at radius 2 is 1.55 bits per heavy atom. The van der Waals surface area contributed by atoms with E-state index in [9.17, 15) is 19.2 Å². The van der Waals surface area contributed by atoms with E-state index in [4.69, 9.17) is 9.47 Å². The molecule has 2 N–H and O–H groups in total. The molecule has 3 amide bonds. The van der Waals surface area contributed by atoms with Gasteiger partial charge in [-0.25, -0.2) is 4.79 Å². The van der Waals surface area contributed by atoms with E-state index < -0.39 is 35.7 Å². The summed E-state index contributed by atoms with van der Waals surface area (Å²) in [4.78, 5) is 53.7. The number of carbonyl (C=O) groups is 4. The minimum absolute atomic E-state index is 0.0188. The smallest absolute Gasteiger partial charge is 0.408 e. The van der Waals surface area contributed by atoms with Crippen LogP contribution in [0.5, 0.6) is 0 Å². The summed E-state index contributed by atoms with van der Waals surface area (Å²) in [6, 6.07) is 3.51. The average molecular weight is 534 g/mol. The monoisotopic (exact) mass is 533 g/mol. The molecule has 1 aromatic carbocycles. The molecule has 0 saturated carbocycles. The Labute approximate surface area is 228 Å². The number of nitrogens with zero attached hydrogens (tertiary/aromatic N) is 1. The van der Waals surface area contributed by atoms with Gasteiger partial charge < -0.3 is 25.0 Å². The van der Waals surface area contributed by atoms with Crippen LogP contribution in [-0.4, -0.2) is 59.6 Å². The molecule has 9 nitrogen and oxygen atoms in total. The normalized spacial score (nSPS) is 13.1. The Bertz CT molecular complexity index is 947. The van der Waals surface area contributed by atoms with Crippen LogP contribution in [0.2, 0.25) is 0 Å². The third-order valence-corrected chi connectivity index (χ3v) is 5.53. The fourth-order valence-electron chi connectivity index (χ4n) is 4.23. The minimum atomic E-state index is -0.974. The Morgan fingerprint density at radius 1 is 0.974 bits per heavy atom. The van der Waals surface area contributed by atoms with Crippen LogP contribution in [0.25, 0.3) is 0 Å². The summed E-state index contributed by atoms with van der Waals surface area (Å²) in [6.45, 7) is 18.8. The third kappa shape index (κ3) is 11.1. The number of nitrogens with one attached hydrogen (secondary N) is 2. The number of carbonyl (C=O) groups excluding carboxylic acids is 4. The van der Waals surface area contributed by atoms with E-state index >= 15 is 0 Å². The van der Waals surface area contributed by atoms with Crippen LogP contribution in [-0.2, 0) is 23.9 Å². The van der Waals surface area contributed by atoms with Gasteiger partial charge in [0.15, 0.2) is 0 Å². The van der Waals surface area contributed by atoms with E-state index in [0.717, 1.165) is 11.1 Å². The van der Waals surface area contributed by atoms with Gasteiger partial charge in [0.2, 0.25) is 11.8 Å². The van der Waals surface area contributed by atoms with Gasteiger partial charge in [0.25, 0.3) is 0 Å². The molecular weight excluding hydrogens is 486 g/mol. The van der Waals surface area contributed by atoms with Gasteiger partial charge in [-0.3, -0.25) is 14.4 Å². The van der Waals surface area contributed by atoms with Gasteiger partial charge in [-0.2, -0.15) is 0 Å². The first-order valence-electron chi connectivity index (χ1n) is 13.4. The minimum Gasteiger partial charge on any atom is -0.466 e. The quantitative estimate of drug-likeness (QED) is 0.380. The van der Waals surface area contributed by atoms with Crippen molar-refractivity contribution in [3.05, 3.63) is 34.9 Å². The number of esters is 1. The van der Waals surface area contributed by atoms with Gasteiger partial charge in [0.05, 0.1) is 13.0 Å². The molecule has 2 unspecified atom stereocenters. The number of ether oxygens (including phenoxy) is 2. The highest BCUT2D eigenvalue weighted by atomic mass is 16.6. The van der Waals surface area contributed by atoms with Crippen molar-refractivity contribution in [1.82, 2.24) is 15.5 Å². The SMILES string of the molecule is CCOC(=O)CCNC(=O)C(c1cc(C)cc(C)c1)N(C(=O)C(CC(C)C)NC(=O)OC(C)(C)C)C(C)C. The van der Waals surface area contributed by atoms with Crippen LogP contribution in [0.1, 0.15) is 91.0 Å². The van der Waals surface area contributed by atoms with Crippen LogP contribution in [0.3, 0.4) is 0 Å². The lowest BCUT2D eigenvalue weighted by molar-refractivity contribution is -0.145. The van der Waals surface area contributed by atoms with Gasteiger partial charge in [0.1, 0.15) is 17.7 Å². The summed E-state index contributed by atoms with van der Waals surface area (Å²) in [7, 11) is 0. The van der Waals surface area contributed by atoms with Gasteiger partial charge >= 0.3 is 12.1 Å². The molecule has 0 spiro atoms. The Balaban J connectivity index is 3.44. The number of aryl methyl sites for hydroxylation is 2. The van der Waals surface area contributed by atoms with Crippen molar-refractivity contribution in [2.75, 3.05) is 13.2 Å². The highest BCUT2D eigenvalue weighted by molar-refractivity contribution is 5.92. The number of hydrogen-bond acceptors (Lipinski definition) is 6. The second-order valence-electron chi connectivity index (χ2n) is 11.3. The fraction of sp³-hybridized carbons (Fsp3) is 0.655. The Hall–Kier alpha value is -3.10. The van der Waals surface area contributed by atoms with Crippen molar-refractivity contribution in [2.24, 2.45) is 5.92 Å². The molecule has 0 radical (unpaired) electrons. The molecule has 2 atom stereocenters. The number of hydrogen-bond donors (Lipinski definition) is 2. The second-order valence-corrected chi connectivity index (χ2v) is 11.3. The summed E-state index contributed by atoms with van der Waals surface area (Å²) in [5.41, 5.74) is 1.82. The lowest BCUT2D eigenvalue weighted by Crippen LogP contribution is -2.55. The maximum Gasteiger partial charge on any atom is 0.408 e. The molecule has 38 heavy (non-hydrogen) atoms. The Kier molecular flexibility index (Phi) is 12.8. The van der Waals surface area contributed by atoms with E-state index in [2.05, 4.69) is 10.6 Å². The summed E-state index contributed by atoms with van der Waals surface area (Å²) in [5, 5.41) is 5.54. The Morgan fingerprint density at radius 3 is 2.03 bits per heavy atom. The number of alkyl carbamates (subject to hydrolysis) is 1. The zero-order valence-corrected chi connectivity index (χ0v) is 24.8. The maximum atomic E-state index is 14.1. The van der Waals surface area contributed by atoms with Crippen molar-refractivity contribution in [3.8, 4) is 0 Å². The van der Waals surface area contributed by atoms with Gasteiger partial charge in [0, 0.05) is 12.6 Å². The number of amides is 3. The molecule has 0 saturated heterocycles. The summed E-state index contributed by atoms with van der Waals surface area (Å²) in [5.74, 6) is -1.12. The van der Waals surface area contributed by atoms with Gasteiger partial charge in [-0.05, 0) is 73.3 Å². The van der Waals surface area contributed by atoms with Crippen LogP contribution in [0, 0.1) is 19.8 Å². The van der Waals surface area contributed by atoms with E-state index in [1.807, 2.05) is 59.7 Å². The molecule has 1 aromatic rings. The van der Waals surface area contributed by atoms with Crippen molar-refractivity contribution in [1.29, 1.82) is 0 Å². The first-order chi connectivity index (χ1) is 17.5. The molecule has 0 aliphatic rings. The van der Waals surface area contributed by atoms with Crippen LogP contribution < -0.4 is 10.6 Å². The molecular formula is C29H47N3O6. The lowest BCUT2D eigenvalue weighted by atomic mass is 9.96. The van der Waals surface area contributed by atoms with E-state index in [0.29, 0.717) is 12.0 Å². The molecule has 0 heterocycles. The second kappa shape index (κ2) is 14.7. The van der Waals surface area contributed by atoms with Crippen LogP contribution in [0.15, 0.2) is 18.2 Å². The third-order valence-electron chi connectivity index (χ3n) is 5.53. The first kappa shape index (κ1) is 32.9. The van der Waals surface area contributed by atoms with Crippen LogP contribution >= 0.6 is 0 Å². The lowest BCUT2D eigenvalue weighted by Gasteiger charge is -2.37. The maximum absolute atomic E-state index is 14.1. The van der Waals surface area contributed by atoms with Crippen LogP contribution in [0.4, 0.5) is 4.79 Å². The fourth-order valence-corrected chi connectivity index (χ4v) is 4.23. The van der Waals surface area contributed by atoms with Crippen molar-refractivity contribution in [3.63, 3.8) is 0 Å². The molecule has 214 valence electrons. The largest absolute Gasteiger partial charge is 0.466 e. The average Bonchev–Trinajstić information content (AvgIpc) is 2.73. The van der Waals surface area contributed by atoms with E-state index in [1.54, 1.807) is 27.7 Å². The summed E-state index contributed by atoms with van der Waals surface area (Å²) >= 11 is 0. The standard InChI is InChI=1S/C29H47N3O6/c1-11-37-24(33)12-13-30-26(34)25(22-16-20(6)15-21(7)17-22)32(19(4)5)27(35)23(14-18(2)3)31-28(36)38-29(8,9)10/h15-19,23,25H,11-14H2,1-10H3,(H,30,34)(H,31,36).